The predicted molar refractivity (Wildman–Crippen MR) is 67.4 cm³/mol. The number of nitrogens with zero attached hydrogens (tertiary/aromatic N) is 1. The minimum Gasteiger partial charge on any atom is -0.475 e. The van der Waals surface area contributed by atoms with Gasteiger partial charge in [0, 0.05) is 12.1 Å². The highest BCUT2D eigenvalue weighted by atomic mass is 79.9. The van der Waals surface area contributed by atoms with Gasteiger partial charge in [0.05, 0.1) is 9.40 Å². The van der Waals surface area contributed by atoms with Crippen LogP contribution in [-0.4, -0.2) is 16.9 Å². The van der Waals surface area contributed by atoms with Gasteiger partial charge in [-0.1, -0.05) is 6.92 Å². The Morgan fingerprint density at radius 2 is 2.33 bits per heavy atom. The highest BCUT2D eigenvalue weighted by molar-refractivity contribution is 9.10. The van der Waals surface area contributed by atoms with Crippen LogP contribution in [0.1, 0.15) is 13.3 Å². The van der Waals surface area contributed by atoms with E-state index in [1.54, 1.807) is 6.92 Å². The van der Waals surface area contributed by atoms with E-state index in [-0.39, 0.29) is 21.7 Å². The van der Waals surface area contributed by atoms with Crippen molar-refractivity contribution in [2.45, 2.75) is 19.4 Å². The summed E-state index contributed by atoms with van der Waals surface area (Å²) in [6.45, 7) is 1.70. The molecule has 3 N–H and O–H groups in total. The first-order valence-electron chi connectivity index (χ1n) is 5.00. The summed E-state index contributed by atoms with van der Waals surface area (Å²) in [5.74, 6) is -1.20. The monoisotopic (exact) mass is 319 g/mol. The van der Waals surface area contributed by atoms with Gasteiger partial charge in [0.2, 0.25) is 5.75 Å². The van der Waals surface area contributed by atoms with Crippen molar-refractivity contribution in [3.8, 4) is 5.75 Å². The predicted octanol–water partition coefficient (Wildman–Crippen LogP) is 2.59. The van der Waals surface area contributed by atoms with E-state index in [1.165, 1.54) is 0 Å². The number of rotatable bonds is 5. The fraction of sp³-hybridized carbons (Fsp3) is 0.300. The van der Waals surface area contributed by atoms with Crippen LogP contribution in [0.3, 0.4) is 0 Å². The number of nitro groups is 1. The first-order chi connectivity index (χ1) is 8.36. The largest absolute Gasteiger partial charge is 0.475 e. The molecule has 1 aromatic rings. The van der Waals surface area contributed by atoms with Crippen molar-refractivity contribution in [2.75, 3.05) is 0 Å². The molecule has 1 aromatic carbocycles. The Bertz CT molecular complexity index is 496. The van der Waals surface area contributed by atoms with E-state index in [9.17, 15) is 14.5 Å². The van der Waals surface area contributed by atoms with E-state index in [0.29, 0.717) is 6.42 Å². The Kier molecular flexibility index (Phi) is 4.60. The molecule has 98 valence electrons. The van der Waals surface area contributed by atoms with Gasteiger partial charge in [-0.25, -0.2) is 4.39 Å². The van der Waals surface area contributed by atoms with Crippen molar-refractivity contribution >= 4 is 27.5 Å². The number of nitrogens with one attached hydrogen (secondary N) is 1. The first kappa shape index (κ1) is 14.4. The molecule has 8 heteroatoms. The molecular formula is C10H11BrFN3O3. The van der Waals surface area contributed by atoms with E-state index >= 15 is 0 Å². The van der Waals surface area contributed by atoms with Crippen molar-refractivity contribution in [1.29, 1.82) is 5.41 Å². The molecule has 0 amide bonds. The average molecular weight is 320 g/mol. The molecule has 0 bridgehead atoms. The van der Waals surface area contributed by atoms with Crippen LogP contribution in [0.25, 0.3) is 0 Å². The van der Waals surface area contributed by atoms with Gasteiger partial charge in [-0.15, -0.1) is 0 Å². The summed E-state index contributed by atoms with van der Waals surface area (Å²) in [5, 5.41) is 18.1. The molecule has 0 fully saturated rings. The van der Waals surface area contributed by atoms with E-state index in [0.717, 1.165) is 12.1 Å². The molecule has 1 atom stereocenters. The van der Waals surface area contributed by atoms with Gasteiger partial charge in [-0.3, -0.25) is 15.5 Å². The first-order valence-corrected chi connectivity index (χ1v) is 5.80. The fourth-order valence-electron chi connectivity index (χ4n) is 1.28. The summed E-state index contributed by atoms with van der Waals surface area (Å²) in [4.78, 5) is 10.1. The summed E-state index contributed by atoms with van der Waals surface area (Å²) in [7, 11) is 0. The number of ether oxygens (including phenoxy) is 1. The minimum atomic E-state index is -0.815. The SMILES string of the molecule is CCC(Oc1cc(F)c(Br)cc1[N+](=O)[O-])C(=N)N. The lowest BCUT2D eigenvalue weighted by atomic mass is 10.2. The van der Waals surface area contributed by atoms with Crippen LogP contribution >= 0.6 is 15.9 Å². The van der Waals surface area contributed by atoms with E-state index in [4.69, 9.17) is 15.9 Å². The van der Waals surface area contributed by atoms with Gasteiger partial charge in [0.15, 0.2) is 6.10 Å². The summed E-state index contributed by atoms with van der Waals surface area (Å²) < 4.78 is 18.5. The van der Waals surface area contributed by atoms with Crippen molar-refractivity contribution in [2.24, 2.45) is 5.73 Å². The number of hydrogen-bond donors (Lipinski definition) is 2. The summed E-state index contributed by atoms with van der Waals surface area (Å²) >= 11 is 2.86. The molecule has 0 aromatic heterocycles. The average Bonchev–Trinajstić information content (AvgIpc) is 2.29. The number of amidine groups is 1. The van der Waals surface area contributed by atoms with Crippen molar-refractivity contribution in [3.05, 3.63) is 32.5 Å². The summed E-state index contributed by atoms with van der Waals surface area (Å²) in [6.07, 6.45) is -0.464. The smallest absolute Gasteiger partial charge is 0.312 e. The maximum absolute atomic E-state index is 13.3. The quantitative estimate of drug-likeness (QED) is 0.377. The second-order valence-electron chi connectivity index (χ2n) is 3.46. The number of nitro benzene ring substituents is 1. The van der Waals surface area contributed by atoms with Gasteiger partial charge in [-0.2, -0.15) is 0 Å². The van der Waals surface area contributed by atoms with Crippen molar-refractivity contribution < 1.29 is 14.1 Å². The zero-order valence-electron chi connectivity index (χ0n) is 9.44. The molecule has 1 unspecified atom stereocenters. The third-order valence-electron chi connectivity index (χ3n) is 2.19. The van der Waals surface area contributed by atoms with Crippen LogP contribution in [0.5, 0.6) is 5.75 Å². The van der Waals surface area contributed by atoms with Crippen molar-refractivity contribution in [1.82, 2.24) is 0 Å². The molecule has 6 nitrogen and oxygen atoms in total. The molecule has 0 spiro atoms. The molecule has 1 rings (SSSR count). The maximum Gasteiger partial charge on any atom is 0.312 e. The summed E-state index contributed by atoms with van der Waals surface area (Å²) in [6, 6.07) is 1.91. The number of halogens is 2. The molecule has 0 saturated heterocycles. The Morgan fingerprint density at radius 1 is 1.72 bits per heavy atom. The van der Waals surface area contributed by atoms with Crippen molar-refractivity contribution in [3.63, 3.8) is 0 Å². The van der Waals surface area contributed by atoms with Crippen LogP contribution in [0.4, 0.5) is 10.1 Å². The van der Waals surface area contributed by atoms with E-state index < -0.39 is 16.8 Å². The second-order valence-corrected chi connectivity index (χ2v) is 4.32. The van der Waals surface area contributed by atoms with Gasteiger partial charge < -0.3 is 10.5 Å². The van der Waals surface area contributed by atoms with Crippen LogP contribution in [0.15, 0.2) is 16.6 Å². The van der Waals surface area contributed by atoms with E-state index in [1.807, 2.05) is 0 Å². The fourth-order valence-corrected chi connectivity index (χ4v) is 1.61. The van der Waals surface area contributed by atoms with Crippen LogP contribution in [0, 0.1) is 21.3 Å². The third kappa shape index (κ3) is 3.16. The third-order valence-corrected chi connectivity index (χ3v) is 2.79. The lowest BCUT2D eigenvalue weighted by Gasteiger charge is -2.16. The van der Waals surface area contributed by atoms with E-state index in [2.05, 4.69) is 15.9 Å². The Hall–Kier alpha value is -1.70. The highest BCUT2D eigenvalue weighted by Crippen LogP contribution is 2.33. The molecule has 0 aliphatic rings. The Labute approximate surface area is 111 Å². The topological polar surface area (TPSA) is 102 Å². The number of nitrogens with two attached hydrogens (primary N) is 1. The molecule has 0 radical (unpaired) electrons. The molecule has 0 heterocycles. The molecule has 18 heavy (non-hydrogen) atoms. The minimum absolute atomic E-state index is 0.0302. The molecule has 0 aliphatic heterocycles. The van der Waals surface area contributed by atoms with Crippen LogP contribution < -0.4 is 10.5 Å². The Balaban J connectivity index is 3.18. The Morgan fingerprint density at radius 3 is 2.78 bits per heavy atom. The standard InChI is InChI=1S/C10H11BrFN3O3/c1-2-8(10(13)14)18-9-4-6(12)5(11)3-7(9)15(16)17/h3-4,8H,2H2,1H3,(H3,13,14). The molecular weight excluding hydrogens is 309 g/mol. The molecule has 0 saturated carbocycles. The zero-order chi connectivity index (χ0) is 13.9. The second kappa shape index (κ2) is 5.76. The van der Waals surface area contributed by atoms with Gasteiger partial charge in [0.25, 0.3) is 0 Å². The number of hydrogen-bond acceptors (Lipinski definition) is 4. The normalized spacial score (nSPS) is 11.9. The highest BCUT2D eigenvalue weighted by Gasteiger charge is 2.22. The van der Waals surface area contributed by atoms with Crippen LogP contribution in [-0.2, 0) is 0 Å². The molecule has 0 aliphatic carbocycles. The lowest BCUT2D eigenvalue weighted by Crippen LogP contribution is -2.32. The number of benzene rings is 1. The zero-order valence-corrected chi connectivity index (χ0v) is 11.0. The van der Waals surface area contributed by atoms with Gasteiger partial charge in [0.1, 0.15) is 11.7 Å². The maximum atomic E-state index is 13.3. The van der Waals surface area contributed by atoms with Gasteiger partial charge in [-0.05, 0) is 22.4 Å². The van der Waals surface area contributed by atoms with Crippen LogP contribution in [0.2, 0.25) is 0 Å². The summed E-state index contributed by atoms with van der Waals surface area (Å²) in [5.41, 5.74) is 4.89. The lowest BCUT2D eigenvalue weighted by molar-refractivity contribution is -0.386. The van der Waals surface area contributed by atoms with Gasteiger partial charge >= 0.3 is 5.69 Å².